The van der Waals surface area contributed by atoms with Crippen LogP contribution >= 0.6 is 0 Å². The van der Waals surface area contributed by atoms with Gasteiger partial charge in [-0.05, 0) is 18.6 Å². The number of hydrogen-bond donors (Lipinski definition) is 0. The average Bonchev–Trinajstić information content (AvgIpc) is 2.77. The molecule has 3 rings (SSSR count). The second kappa shape index (κ2) is 6.11. The zero-order valence-corrected chi connectivity index (χ0v) is 14.9. The molecule has 2 aromatic carbocycles. The molecular formula is C19H19NO4S. The van der Waals surface area contributed by atoms with E-state index in [1.165, 1.54) is 4.90 Å². The van der Waals surface area contributed by atoms with E-state index in [-0.39, 0.29) is 5.91 Å². The first-order valence-electron chi connectivity index (χ1n) is 7.91. The molecule has 1 atom stereocenters. The van der Waals surface area contributed by atoms with Crippen LogP contribution in [-0.2, 0) is 20.0 Å². The smallest absolute Gasteiger partial charge is 0.238 e. The van der Waals surface area contributed by atoms with Crippen molar-refractivity contribution in [2.24, 2.45) is 0 Å². The number of carbonyl (C=O) groups excluding carboxylic acids is 2. The number of sulfone groups is 1. The van der Waals surface area contributed by atoms with Gasteiger partial charge in [-0.25, -0.2) is 8.42 Å². The zero-order chi connectivity index (χ0) is 18.2. The minimum atomic E-state index is -3.77. The minimum absolute atomic E-state index is 0.274. The standard InChI is InChI=1S/C19H19NO4S/c1-19(15-10-6-7-11-16(15)20(2)18(19)22)13-25(23,24)12-17(21)14-8-4-3-5-9-14/h3-11H,12-13H2,1-2H3. The van der Waals surface area contributed by atoms with Crippen molar-refractivity contribution in [1.82, 2.24) is 0 Å². The predicted octanol–water partition coefficient (Wildman–Crippen LogP) is 2.22. The molecule has 130 valence electrons. The summed E-state index contributed by atoms with van der Waals surface area (Å²) in [4.78, 5) is 26.4. The fourth-order valence-corrected chi connectivity index (χ4v) is 5.19. The highest BCUT2D eigenvalue weighted by atomic mass is 32.2. The molecule has 1 aliphatic rings. The lowest BCUT2D eigenvalue weighted by atomic mass is 9.86. The number of hydrogen-bond acceptors (Lipinski definition) is 4. The first-order valence-corrected chi connectivity index (χ1v) is 9.73. The third-order valence-corrected chi connectivity index (χ3v) is 6.31. The third-order valence-electron chi connectivity index (χ3n) is 4.59. The van der Waals surface area contributed by atoms with E-state index >= 15 is 0 Å². The molecule has 2 aromatic rings. The monoisotopic (exact) mass is 357 g/mol. The van der Waals surface area contributed by atoms with Crippen LogP contribution in [0.4, 0.5) is 5.69 Å². The number of nitrogens with zero attached hydrogens (tertiary/aromatic N) is 1. The molecule has 1 unspecified atom stereocenters. The van der Waals surface area contributed by atoms with Crippen molar-refractivity contribution in [3.8, 4) is 0 Å². The first kappa shape index (κ1) is 17.4. The van der Waals surface area contributed by atoms with Gasteiger partial charge >= 0.3 is 0 Å². The summed E-state index contributed by atoms with van der Waals surface area (Å²) >= 11 is 0. The second-order valence-electron chi connectivity index (χ2n) is 6.53. The Labute approximate surface area is 147 Å². The largest absolute Gasteiger partial charge is 0.314 e. The molecule has 6 heteroatoms. The maximum Gasteiger partial charge on any atom is 0.238 e. The lowest BCUT2D eigenvalue weighted by Gasteiger charge is -2.23. The average molecular weight is 357 g/mol. The number of para-hydroxylation sites is 1. The summed E-state index contributed by atoms with van der Waals surface area (Å²) in [5.74, 6) is -1.73. The highest BCUT2D eigenvalue weighted by Gasteiger charge is 2.48. The Morgan fingerprint density at radius 3 is 2.32 bits per heavy atom. The predicted molar refractivity (Wildman–Crippen MR) is 96.6 cm³/mol. The normalized spacial score (nSPS) is 19.8. The zero-order valence-electron chi connectivity index (χ0n) is 14.1. The summed E-state index contributed by atoms with van der Waals surface area (Å²) in [5.41, 5.74) is 0.561. The molecule has 0 saturated heterocycles. The first-order chi connectivity index (χ1) is 11.7. The number of benzene rings is 2. The van der Waals surface area contributed by atoms with Crippen molar-refractivity contribution in [3.05, 3.63) is 65.7 Å². The number of rotatable bonds is 5. The molecule has 1 amide bonds. The van der Waals surface area contributed by atoms with Gasteiger partial charge in [0.1, 0.15) is 5.75 Å². The quantitative estimate of drug-likeness (QED) is 0.769. The molecule has 25 heavy (non-hydrogen) atoms. The molecule has 0 fully saturated rings. The van der Waals surface area contributed by atoms with Gasteiger partial charge in [-0.3, -0.25) is 9.59 Å². The van der Waals surface area contributed by atoms with Crippen molar-refractivity contribution in [1.29, 1.82) is 0 Å². The van der Waals surface area contributed by atoms with E-state index in [4.69, 9.17) is 0 Å². The summed E-state index contributed by atoms with van der Waals surface area (Å²) in [6.07, 6.45) is 0. The van der Waals surface area contributed by atoms with Crippen molar-refractivity contribution >= 4 is 27.2 Å². The van der Waals surface area contributed by atoms with Gasteiger partial charge in [-0.2, -0.15) is 0 Å². The van der Waals surface area contributed by atoms with Crippen LogP contribution in [0.3, 0.4) is 0 Å². The van der Waals surface area contributed by atoms with E-state index in [0.717, 1.165) is 0 Å². The van der Waals surface area contributed by atoms with Gasteiger partial charge in [0.25, 0.3) is 0 Å². The number of fused-ring (bicyclic) bond motifs is 1. The van der Waals surface area contributed by atoms with Gasteiger partial charge in [0.05, 0.1) is 11.2 Å². The highest BCUT2D eigenvalue weighted by Crippen LogP contribution is 2.41. The van der Waals surface area contributed by atoms with Crippen LogP contribution in [0.5, 0.6) is 0 Å². The number of carbonyl (C=O) groups is 2. The van der Waals surface area contributed by atoms with Crippen LogP contribution in [0.15, 0.2) is 54.6 Å². The second-order valence-corrected chi connectivity index (χ2v) is 8.60. The van der Waals surface area contributed by atoms with Crippen molar-refractivity contribution < 1.29 is 18.0 Å². The fraction of sp³-hybridized carbons (Fsp3) is 0.263. The Bertz CT molecular complexity index is 937. The molecule has 0 bridgehead atoms. The summed E-state index contributed by atoms with van der Waals surface area (Å²) in [6.45, 7) is 1.63. The molecule has 1 aliphatic heterocycles. The van der Waals surface area contributed by atoms with Gasteiger partial charge < -0.3 is 4.90 Å². The molecule has 0 aliphatic carbocycles. The van der Waals surface area contributed by atoms with Crippen LogP contribution in [0.1, 0.15) is 22.8 Å². The number of Topliss-reactive ketones (excluding diaryl/α,β-unsaturated/α-hetero) is 1. The van der Waals surface area contributed by atoms with Crippen LogP contribution in [0.25, 0.3) is 0 Å². The molecule has 0 saturated carbocycles. The molecule has 1 heterocycles. The van der Waals surface area contributed by atoms with Crippen LogP contribution in [0.2, 0.25) is 0 Å². The van der Waals surface area contributed by atoms with E-state index in [0.29, 0.717) is 16.8 Å². The number of likely N-dealkylation sites (N-methyl/N-ethyl adjacent to an activating group) is 1. The van der Waals surface area contributed by atoms with Gasteiger partial charge in [-0.15, -0.1) is 0 Å². The van der Waals surface area contributed by atoms with Gasteiger partial charge in [0, 0.05) is 18.3 Å². The molecule has 0 aromatic heterocycles. The van der Waals surface area contributed by atoms with E-state index in [1.54, 1.807) is 62.5 Å². The van der Waals surface area contributed by atoms with Crippen LogP contribution in [-0.4, -0.2) is 38.7 Å². The molecule has 0 radical (unpaired) electrons. The molecule has 0 spiro atoms. The SMILES string of the molecule is CN1C(=O)C(C)(CS(=O)(=O)CC(=O)c2ccccc2)c2ccccc21. The summed E-state index contributed by atoms with van der Waals surface area (Å²) in [7, 11) is -2.13. The molecular weight excluding hydrogens is 338 g/mol. The van der Waals surface area contributed by atoms with Crippen molar-refractivity contribution in [2.45, 2.75) is 12.3 Å². The minimum Gasteiger partial charge on any atom is -0.314 e. The maximum atomic E-state index is 12.7. The van der Waals surface area contributed by atoms with E-state index in [1.807, 2.05) is 6.07 Å². The van der Waals surface area contributed by atoms with Gasteiger partial charge in [0.15, 0.2) is 15.6 Å². The summed E-state index contributed by atoms with van der Waals surface area (Å²) in [5, 5.41) is 0. The summed E-state index contributed by atoms with van der Waals surface area (Å²) in [6, 6.07) is 15.5. The highest BCUT2D eigenvalue weighted by molar-refractivity contribution is 7.92. The molecule has 0 N–H and O–H groups in total. The van der Waals surface area contributed by atoms with Crippen LogP contribution < -0.4 is 4.90 Å². The topological polar surface area (TPSA) is 71.5 Å². The number of anilines is 1. The Balaban J connectivity index is 1.88. The van der Waals surface area contributed by atoms with Gasteiger partial charge in [-0.1, -0.05) is 48.5 Å². The molecule has 5 nitrogen and oxygen atoms in total. The van der Waals surface area contributed by atoms with Crippen LogP contribution in [0, 0.1) is 0 Å². The fourth-order valence-electron chi connectivity index (χ4n) is 3.36. The Hall–Kier alpha value is -2.47. The van der Waals surface area contributed by atoms with Crippen molar-refractivity contribution in [3.63, 3.8) is 0 Å². The maximum absolute atomic E-state index is 12.7. The van der Waals surface area contributed by atoms with E-state index < -0.39 is 32.5 Å². The Morgan fingerprint density at radius 2 is 1.64 bits per heavy atom. The Kier molecular flexibility index (Phi) is 4.24. The number of amides is 1. The van der Waals surface area contributed by atoms with E-state index in [9.17, 15) is 18.0 Å². The summed E-state index contributed by atoms with van der Waals surface area (Å²) < 4.78 is 25.3. The lowest BCUT2D eigenvalue weighted by Crippen LogP contribution is -2.42. The Morgan fingerprint density at radius 1 is 1.04 bits per heavy atom. The van der Waals surface area contributed by atoms with Gasteiger partial charge in [0.2, 0.25) is 5.91 Å². The lowest BCUT2D eigenvalue weighted by molar-refractivity contribution is -0.121. The van der Waals surface area contributed by atoms with E-state index in [2.05, 4.69) is 0 Å². The number of ketones is 1. The third kappa shape index (κ3) is 3.09. The van der Waals surface area contributed by atoms with Crippen molar-refractivity contribution in [2.75, 3.05) is 23.5 Å².